The second kappa shape index (κ2) is 6.10. The van der Waals surface area contributed by atoms with E-state index in [9.17, 15) is 0 Å². The van der Waals surface area contributed by atoms with E-state index in [0.29, 0.717) is 34.8 Å². The van der Waals surface area contributed by atoms with Crippen molar-refractivity contribution in [2.45, 2.75) is 6.92 Å². The molecule has 1 heterocycles. The van der Waals surface area contributed by atoms with E-state index in [1.165, 1.54) is 0 Å². The first-order valence-electron chi connectivity index (χ1n) is 6.10. The molecule has 1 aromatic heterocycles. The maximum atomic E-state index is 5.80. The minimum atomic E-state index is 0.421. The van der Waals surface area contributed by atoms with Crippen molar-refractivity contribution >= 4 is 5.82 Å². The summed E-state index contributed by atoms with van der Waals surface area (Å²) in [6, 6.07) is 7.13. The van der Waals surface area contributed by atoms with Gasteiger partial charge < -0.3 is 19.5 Å². The van der Waals surface area contributed by atoms with Crippen LogP contribution in [0.1, 0.15) is 5.82 Å². The molecule has 0 fully saturated rings. The lowest BCUT2D eigenvalue weighted by molar-refractivity contribution is 0.341. The highest BCUT2D eigenvalue weighted by molar-refractivity contribution is 5.53. The van der Waals surface area contributed by atoms with E-state index in [2.05, 4.69) is 15.3 Å². The summed E-state index contributed by atoms with van der Waals surface area (Å²) in [4.78, 5) is 8.46. The predicted molar refractivity (Wildman–Crippen MR) is 75.9 cm³/mol. The largest absolute Gasteiger partial charge is 0.493 e. The number of anilines is 1. The van der Waals surface area contributed by atoms with E-state index >= 15 is 0 Å². The van der Waals surface area contributed by atoms with E-state index < -0.39 is 0 Å². The van der Waals surface area contributed by atoms with Gasteiger partial charge in [0.05, 0.1) is 14.2 Å². The Morgan fingerprint density at radius 3 is 2.25 bits per heavy atom. The molecule has 6 nitrogen and oxygen atoms in total. The van der Waals surface area contributed by atoms with Crippen LogP contribution in [0.25, 0.3) is 0 Å². The summed E-state index contributed by atoms with van der Waals surface area (Å²) in [5, 5.41) is 2.96. The summed E-state index contributed by atoms with van der Waals surface area (Å²) in [6.45, 7) is 1.80. The molecule has 2 rings (SSSR count). The summed E-state index contributed by atoms with van der Waals surface area (Å²) in [6.07, 6.45) is 0. The van der Waals surface area contributed by atoms with Gasteiger partial charge in [0.15, 0.2) is 11.5 Å². The topological polar surface area (TPSA) is 65.5 Å². The Morgan fingerprint density at radius 1 is 1.05 bits per heavy atom. The van der Waals surface area contributed by atoms with Crippen LogP contribution >= 0.6 is 0 Å². The molecule has 1 aromatic carbocycles. The smallest absolute Gasteiger partial charge is 0.225 e. The average Bonchev–Trinajstić information content (AvgIpc) is 2.46. The van der Waals surface area contributed by atoms with Crippen molar-refractivity contribution in [3.8, 4) is 23.1 Å². The molecule has 0 aliphatic heterocycles. The molecule has 0 saturated carbocycles. The SMILES string of the molecule is CNc1cc(Oc2c(OC)cccc2OC)nc(C)n1. The van der Waals surface area contributed by atoms with Crippen molar-refractivity contribution in [3.05, 3.63) is 30.1 Å². The Balaban J connectivity index is 2.41. The van der Waals surface area contributed by atoms with Gasteiger partial charge in [0.1, 0.15) is 11.6 Å². The van der Waals surface area contributed by atoms with Gasteiger partial charge in [-0.2, -0.15) is 4.98 Å². The number of ether oxygens (including phenoxy) is 3. The third kappa shape index (κ3) is 2.90. The number of aryl methyl sites for hydroxylation is 1. The first-order chi connectivity index (χ1) is 9.67. The molecule has 0 unspecified atom stereocenters. The van der Waals surface area contributed by atoms with Crippen molar-refractivity contribution in [2.75, 3.05) is 26.6 Å². The number of hydrogen-bond acceptors (Lipinski definition) is 6. The number of rotatable bonds is 5. The third-order valence-electron chi connectivity index (χ3n) is 2.66. The molecule has 0 amide bonds. The fraction of sp³-hybridized carbons (Fsp3) is 0.286. The Bertz CT molecular complexity index is 580. The molecular weight excluding hydrogens is 258 g/mol. The lowest BCUT2D eigenvalue weighted by Crippen LogP contribution is -2.00. The standard InChI is InChI=1S/C14H17N3O3/c1-9-16-12(15-2)8-13(17-9)20-14-10(18-3)6-5-7-11(14)19-4/h5-8H,1-4H3,(H,15,16,17). The minimum Gasteiger partial charge on any atom is -0.493 e. The van der Waals surface area contributed by atoms with Crippen LogP contribution in [0.3, 0.4) is 0 Å². The number of hydrogen-bond donors (Lipinski definition) is 1. The van der Waals surface area contributed by atoms with Gasteiger partial charge in [-0.1, -0.05) is 6.07 Å². The maximum absolute atomic E-state index is 5.80. The third-order valence-corrected chi connectivity index (χ3v) is 2.66. The van der Waals surface area contributed by atoms with Crippen molar-refractivity contribution in [2.24, 2.45) is 0 Å². The number of benzene rings is 1. The second-order valence-corrected chi connectivity index (χ2v) is 3.98. The molecule has 0 aliphatic rings. The molecule has 0 spiro atoms. The number of para-hydroxylation sites is 1. The summed E-state index contributed by atoms with van der Waals surface area (Å²) in [5.74, 6) is 3.35. The first-order valence-corrected chi connectivity index (χ1v) is 6.10. The van der Waals surface area contributed by atoms with Gasteiger partial charge in [0, 0.05) is 13.1 Å². The zero-order valence-electron chi connectivity index (χ0n) is 11.9. The summed E-state index contributed by atoms with van der Waals surface area (Å²) in [5.41, 5.74) is 0. The van der Waals surface area contributed by atoms with E-state index in [-0.39, 0.29) is 0 Å². The Labute approximate surface area is 117 Å². The molecule has 20 heavy (non-hydrogen) atoms. The molecule has 0 saturated heterocycles. The molecule has 0 aliphatic carbocycles. The van der Waals surface area contributed by atoms with Crippen LogP contribution in [-0.4, -0.2) is 31.2 Å². The number of nitrogens with one attached hydrogen (secondary N) is 1. The Hall–Kier alpha value is -2.50. The van der Waals surface area contributed by atoms with Crippen LogP contribution in [0, 0.1) is 6.92 Å². The zero-order chi connectivity index (χ0) is 14.5. The average molecular weight is 275 g/mol. The molecule has 0 atom stereocenters. The zero-order valence-corrected chi connectivity index (χ0v) is 11.9. The molecule has 6 heteroatoms. The molecule has 2 aromatic rings. The quantitative estimate of drug-likeness (QED) is 0.905. The first kappa shape index (κ1) is 13.9. The van der Waals surface area contributed by atoms with Crippen LogP contribution in [0.2, 0.25) is 0 Å². The van der Waals surface area contributed by atoms with Crippen LogP contribution in [-0.2, 0) is 0 Å². The molecular formula is C14H17N3O3. The van der Waals surface area contributed by atoms with Gasteiger partial charge in [-0.05, 0) is 19.1 Å². The van der Waals surface area contributed by atoms with Gasteiger partial charge in [0.25, 0.3) is 0 Å². The van der Waals surface area contributed by atoms with Crippen molar-refractivity contribution in [1.82, 2.24) is 9.97 Å². The van der Waals surface area contributed by atoms with E-state index in [1.807, 2.05) is 6.07 Å². The Morgan fingerprint density at radius 2 is 1.70 bits per heavy atom. The van der Waals surface area contributed by atoms with Crippen molar-refractivity contribution in [1.29, 1.82) is 0 Å². The van der Waals surface area contributed by atoms with Crippen LogP contribution in [0.5, 0.6) is 23.1 Å². The second-order valence-electron chi connectivity index (χ2n) is 3.98. The van der Waals surface area contributed by atoms with Gasteiger partial charge in [-0.25, -0.2) is 4.98 Å². The van der Waals surface area contributed by atoms with E-state index in [0.717, 1.165) is 0 Å². The van der Waals surface area contributed by atoms with Gasteiger partial charge in [-0.15, -0.1) is 0 Å². The highest BCUT2D eigenvalue weighted by Crippen LogP contribution is 2.39. The predicted octanol–water partition coefficient (Wildman–Crippen LogP) is 2.64. The minimum absolute atomic E-state index is 0.421. The summed E-state index contributed by atoms with van der Waals surface area (Å²) < 4.78 is 16.4. The molecule has 0 radical (unpaired) electrons. The van der Waals surface area contributed by atoms with E-state index in [4.69, 9.17) is 14.2 Å². The lowest BCUT2D eigenvalue weighted by Gasteiger charge is -2.13. The van der Waals surface area contributed by atoms with Crippen LogP contribution < -0.4 is 19.5 Å². The lowest BCUT2D eigenvalue weighted by atomic mass is 10.3. The number of aromatic nitrogens is 2. The fourth-order valence-electron chi connectivity index (χ4n) is 1.74. The number of methoxy groups -OCH3 is 2. The van der Waals surface area contributed by atoms with Gasteiger partial charge >= 0.3 is 0 Å². The molecule has 1 N–H and O–H groups in total. The van der Waals surface area contributed by atoms with Crippen molar-refractivity contribution < 1.29 is 14.2 Å². The molecule has 106 valence electrons. The van der Waals surface area contributed by atoms with Crippen LogP contribution in [0.4, 0.5) is 5.82 Å². The summed E-state index contributed by atoms with van der Waals surface area (Å²) >= 11 is 0. The highest BCUT2D eigenvalue weighted by Gasteiger charge is 2.13. The monoisotopic (exact) mass is 275 g/mol. The van der Waals surface area contributed by atoms with Crippen LogP contribution in [0.15, 0.2) is 24.3 Å². The fourth-order valence-corrected chi connectivity index (χ4v) is 1.74. The van der Waals surface area contributed by atoms with Gasteiger partial charge in [-0.3, -0.25) is 0 Å². The van der Waals surface area contributed by atoms with E-state index in [1.54, 1.807) is 46.4 Å². The highest BCUT2D eigenvalue weighted by atomic mass is 16.5. The van der Waals surface area contributed by atoms with Gasteiger partial charge in [0.2, 0.25) is 11.6 Å². The molecule has 0 bridgehead atoms. The number of nitrogens with zero attached hydrogens (tertiary/aromatic N) is 2. The maximum Gasteiger partial charge on any atom is 0.225 e. The summed E-state index contributed by atoms with van der Waals surface area (Å²) in [7, 11) is 4.94. The normalized spacial score (nSPS) is 10.0. The van der Waals surface area contributed by atoms with Crippen molar-refractivity contribution in [3.63, 3.8) is 0 Å². The Kier molecular flexibility index (Phi) is 4.24.